The van der Waals surface area contributed by atoms with Gasteiger partial charge in [0.1, 0.15) is 0 Å². The van der Waals surface area contributed by atoms with E-state index in [1.165, 1.54) is 40.7 Å². The standard InChI is InChI=1S/C26H29N/c1-19-15-20(2)24-14-13-23(17-21-9-5-3-6-10-21)26(25(24)16-19)27-18-22-11-7-4-8-12-22/h3-12,15-16,23,26-27H,13-14,17-18H2,1-2H3. The Morgan fingerprint density at radius 3 is 2.22 bits per heavy atom. The van der Waals surface area contributed by atoms with Crippen LogP contribution in [0.4, 0.5) is 0 Å². The highest BCUT2D eigenvalue weighted by Gasteiger charge is 2.30. The molecule has 1 N–H and O–H groups in total. The van der Waals surface area contributed by atoms with E-state index in [1.807, 2.05) is 0 Å². The molecule has 4 rings (SSSR count). The van der Waals surface area contributed by atoms with Crippen LogP contribution in [-0.4, -0.2) is 0 Å². The van der Waals surface area contributed by atoms with Gasteiger partial charge in [0.2, 0.25) is 0 Å². The highest BCUT2D eigenvalue weighted by Crippen LogP contribution is 2.38. The maximum absolute atomic E-state index is 3.92. The van der Waals surface area contributed by atoms with Gasteiger partial charge in [-0.25, -0.2) is 0 Å². The molecule has 1 nitrogen and oxygen atoms in total. The summed E-state index contributed by atoms with van der Waals surface area (Å²) in [4.78, 5) is 0. The van der Waals surface area contributed by atoms with Crippen molar-refractivity contribution in [2.24, 2.45) is 5.92 Å². The third-order valence-electron chi connectivity index (χ3n) is 5.93. The monoisotopic (exact) mass is 355 g/mol. The van der Waals surface area contributed by atoms with Crippen molar-refractivity contribution in [2.75, 3.05) is 0 Å². The molecule has 0 radical (unpaired) electrons. The van der Waals surface area contributed by atoms with Crippen LogP contribution in [0.2, 0.25) is 0 Å². The molecule has 3 aromatic carbocycles. The van der Waals surface area contributed by atoms with Crippen LogP contribution >= 0.6 is 0 Å². The van der Waals surface area contributed by atoms with Crippen LogP contribution in [0.25, 0.3) is 0 Å². The summed E-state index contributed by atoms with van der Waals surface area (Å²) in [5, 5.41) is 3.92. The van der Waals surface area contributed by atoms with Crippen LogP contribution in [0.5, 0.6) is 0 Å². The van der Waals surface area contributed by atoms with Crippen LogP contribution in [0.1, 0.15) is 45.8 Å². The van der Waals surface area contributed by atoms with Gasteiger partial charge in [-0.1, -0.05) is 78.4 Å². The lowest BCUT2D eigenvalue weighted by Gasteiger charge is -2.36. The molecule has 0 spiro atoms. The first kappa shape index (κ1) is 18.0. The second kappa shape index (κ2) is 8.10. The number of hydrogen-bond acceptors (Lipinski definition) is 1. The van der Waals surface area contributed by atoms with Gasteiger partial charge < -0.3 is 5.32 Å². The summed E-state index contributed by atoms with van der Waals surface area (Å²) in [6.07, 6.45) is 3.58. The fourth-order valence-corrected chi connectivity index (χ4v) is 4.64. The van der Waals surface area contributed by atoms with E-state index in [-0.39, 0.29) is 0 Å². The quantitative estimate of drug-likeness (QED) is 0.597. The van der Waals surface area contributed by atoms with Gasteiger partial charge in [0, 0.05) is 12.6 Å². The maximum atomic E-state index is 3.92. The second-order valence-corrected chi connectivity index (χ2v) is 7.98. The predicted octanol–water partition coefficient (Wildman–Crippen LogP) is 5.94. The molecule has 0 aromatic heterocycles. The molecule has 27 heavy (non-hydrogen) atoms. The van der Waals surface area contributed by atoms with Crippen molar-refractivity contribution in [1.82, 2.24) is 5.32 Å². The summed E-state index contributed by atoms with van der Waals surface area (Å²) in [6, 6.07) is 26.9. The summed E-state index contributed by atoms with van der Waals surface area (Å²) in [5.74, 6) is 0.629. The van der Waals surface area contributed by atoms with E-state index in [0.29, 0.717) is 12.0 Å². The Balaban J connectivity index is 1.63. The molecule has 0 saturated heterocycles. The highest BCUT2D eigenvalue weighted by molar-refractivity contribution is 5.42. The average molecular weight is 356 g/mol. The lowest BCUT2D eigenvalue weighted by atomic mass is 9.75. The number of nitrogens with one attached hydrogen (secondary N) is 1. The molecule has 2 atom stereocenters. The summed E-state index contributed by atoms with van der Waals surface area (Å²) in [5.41, 5.74) is 8.72. The molecule has 0 fully saturated rings. The van der Waals surface area contributed by atoms with E-state index in [1.54, 1.807) is 5.56 Å². The largest absolute Gasteiger partial charge is 0.306 e. The molecule has 1 heteroatoms. The number of fused-ring (bicyclic) bond motifs is 1. The van der Waals surface area contributed by atoms with Crippen LogP contribution in [0, 0.1) is 19.8 Å². The SMILES string of the molecule is Cc1cc(C)c2c(c1)C(NCc1ccccc1)C(Cc1ccccc1)CC2. The van der Waals surface area contributed by atoms with Crippen LogP contribution in [-0.2, 0) is 19.4 Å². The first-order chi connectivity index (χ1) is 13.2. The second-order valence-electron chi connectivity index (χ2n) is 7.98. The Morgan fingerprint density at radius 1 is 0.852 bits per heavy atom. The zero-order valence-electron chi connectivity index (χ0n) is 16.4. The molecule has 0 saturated carbocycles. The smallest absolute Gasteiger partial charge is 0.0357 e. The van der Waals surface area contributed by atoms with Crippen molar-refractivity contribution in [1.29, 1.82) is 0 Å². The van der Waals surface area contributed by atoms with Gasteiger partial charge in [0.25, 0.3) is 0 Å². The zero-order chi connectivity index (χ0) is 18.6. The Morgan fingerprint density at radius 2 is 1.52 bits per heavy atom. The highest BCUT2D eigenvalue weighted by atomic mass is 14.9. The molecular formula is C26H29N. The third kappa shape index (κ3) is 4.14. The minimum absolute atomic E-state index is 0.410. The molecule has 0 heterocycles. The topological polar surface area (TPSA) is 12.0 Å². The number of hydrogen-bond donors (Lipinski definition) is 1. The van der Waals surface area contributed by atoms with Crippen molar-refractivity contribution in [3.05, 3.63) is 106 Å². The molecule has 0 aliphatic heterocycles. The Hall–Kier alpha value is -2.38. The predicted molar refractivity (Wildman–Crippen MR) is 114 cm³/mol. The molecule has 0 amide bonds. The first-order valence-corrected chi connectivity index (χ1v) is 10.1. The average Bonchev–Trinajstić information content (AvgIpc) is 2.68. The molecular weight excluding hydrogens is 326 g/mol. The Labute approximate surface area is 163 Å². The van der Waals surface area contributed by atoms with E-state index in [9.17, 15) is 0 Å². The van der Waals surface area contributed by atoms with E-state index >= 15 is 0 Å². The lowest BCUT2D eigenvalue weighted by Crippen LogP contribution is -2.34. The molecule has 3 aromatic rings. The molecule has 2 unspecified atom stereocenters. The minimum Gasteiger partial charge on any atom is -0.306 e. The van der Waals surface area contributed by atoms with Gasteiger partial charge in [0.05, 0.1) is 0 Å². The van der Waals surface area contributed by atoms with Gasteiger partial charge >= 0.3 is 0 Å². The number of aryl methyl sites for hydroxylation is 2. The van der Waals surface area contributed by atoms with Crippen molar-refractivity contribution >= 4 is 0 Å². The Bertz CT molecular complexity index is 883. The Kier molecular flexibility index (Phi) is 5.40. The van der Waals surface area contributed by atoms with Crippen LogP contribution in [0.15, 0.2) is 72.8 Å². The number of rotatable bonds is 5. The summed E-state index contributed by atoms with van der Waals surface area (Å²) < 4.78 is 0. The van der Waals surface area contributed by atoms with Crippen molar-refractivity contribution in [3.8, 4) is 0 Å². The first-order valence-electron chi connectivity index (χ1n) is 10.1. The maximum Gasteiger partial charge on any atom is 0.0357 e. The molecule has 1 aliphatic carbocycles. The van der Waals surface area contributed by atoms with Gasteiger partial charge in [0.15, 0.2) is 0 Å². The minimum atomic E-state index is 0.410. The summed E-state index contributed by atoms with van der Waals surface area (Å²) >= 11 is 0. The van der Waals surface area contributed by atoms with E-state index < -0.39 is 0 Å². The normalized spacial score (nSPS) is 18.9. The van der Waals surface area contributed by atoms with Gasteiger partial charge in [-0.2, -0.15) is 0 Å². The van der Waals surface area contributed by atoms with Crippen molar-refractivity contribution < 1.29 is 0 Å². The lowest BCUT2D eigenvalue weighted by molar-refractivity contribution is 0.316. The van der Waals surface area contributed by atoms with E-state index in [0.717, 1.165) is 13.0 Å². The molecule has 0 bridgehead atoms. The van der Waals surface area contributed by atoms with Crippen LogP contribution in [0.3, 0.4) is 0 Å². The fraction of sp³-hybridized carbons (Fsp3) is 0.308. The molecule has 138 valence electrons. The van der Waals surface area contributed by atoms with E-state index in [2.05, 4.69) is 92.0 Å². The fourth-order valence-electron chi connectivity index (χ4n) is 4.64. The van der Waals surface area contributed by atoms with Gasteiger partial charge in [-0.15, -0.1) is 0 Å². The van der Waals surface area contributed by atoms with Crippen molar-refractivity contribution in [2.45, 2.75) is 45.7 Å². The molecule has 1 aliphatic rings. The summed E-state index contributed by atoms with van der Waals surface area (Å²) in [7, 11) is 0. The van der Waals surface area contributed by atoms with E-state index in [4.69, 9.17) is 0 Å². The van der Waals surface area contributed by atoms with Crippen molar-refractivity contribution in [3.63, 3.8) is 0 Å². The zero-order valence-corrected chi connectivity index (χ0v) is 16.4. The summed E-state index contributed by atoms with van der Waals surface area (Å²) in [6.45, 7) is 5.42. The third-order valence-corrected chi connectivity index (χ3v) is 5.93. The number of benzene rings is 3. The van der Waals surface area contributed by atoms with Gasteiger partial charge in [-0.05, 0) is 66.8 Å². The van der Waals surface area contributed by atoms with Crippen LogP contribution < -0.4 is 5.32 Å². The van der Waals surface area contributed by atoms with Gasteiger partial charge in [-0.3, -0.25) is 0 Å².